The van der Waals surface area contributed by atoms with Gasteiger partial charge in [0.15, 0.2) is 5.72 Å². The van der Waals surface area contributed by atoms with Crippen LogP contribution in [0.3, 0.4) is 0 Å². The molecule has 1 aromatic heterocycles. The Morgan fingerprint density at radius 1 is 1.43 bits per heavy atom. The number of aliphatic hydroxyl groups is 1. The van der Waals surface area contributed by atoms with Crippen molar-refractivity contribution in [2.24, 2.45) is 16.4 Å². The maximum absolute atomic E-state index is 12.7. The van der Waals surface area contributed by atoms with Crippen molar-refractivity contribution >= 4 is 11.6 Å². The van der Waals surface area contributed by atoms with E-state index >= 15 is 0 Å². The predicted molar refractivity (Wildman–Crippen MR) is 81.7 cm³/mol. The Balaban J connectivity index is 2.44. The Bertz CT molecular complexity index is 561. The van der Waals surface area contributed by atoms with E-state index in [-0.39, 0.29) is 11.8 Å². The van der Waals surface area contributed by atoms with E-state index in [0.29, 0.717) is 12.0 Å². The average molecular weight is 289 g/mol. The van der Waals surface area contributed by atoms with Gasteiger partial charge in [-0.05, 0) is 18.1 Å². The fourth-order valence-electron chi connectivity index (χ4n) is 2.30. The molecule has 0 saturated heterocycles. The molecular weight excluding hydrogens is 266 g/mol. The largest absolute Gasteiger partial charge is 0.368 e. The van der Waals surface area contributed by atoms with Crippen molar-refractivity contribution in [3.05, 3.63) is 30.1 Å². The molecule has 0 spiro atoms. The lowest BCUT2D eigenvalue weighted by molar-refractivity contribution is -0.143. The monoisotopic (exact) mass is 289 g/mol. The lowest BCUT2D eigenvalue weighted by Gasteiger charge is -2.41. The molecule has 1 atom stereocenters. The zero-order valence-corrected chi connectivity index (χ0v) is 13.3. The van der Waals surface area contributed by atoms with Crippen molar-refractivity contribution in [2.75, 3.05) is 0 Å². The second-order valence-corrected chi connectivity index (χ2v) is 6.85. The van der Waals surface area contributed by atoms with Crippen LogP contribution < -0.4 is 0 Å². The number of nitrogens with zero attached hydrogens (tertiary/aromatic N) is 3. The molecule has 21 heavy (non-hydrogen) atoms. The minimum Gasteiger partial charge on any atom is -0.368 e. The Morgan fingerprint density at radius 3 is 2.57 bits per heavy atom. The van der Waals surface area contributed by atoms with E-state index in [1.807, 2.05) is 34.6 Å². The first kappa shape index (κ1) is 15.6. The van der Waals surface area contributed by atoms with E-state index in [9.17, 15) is 9.90 Å². The Morgan fingerprint density at radius 2 is 2.10 bits per heavy atom. The number of aromatic nitrogens is 1. The summed E-state index contributed by atoms with van der Waals surface area (Å²) in [6, 6.07) is 3.38. The number of carbonyl (C=O) groups is 1. The molecule has 0 saturated carbocycles. The lowest BCUT2D eigenvalue weighted by atomic mass is 9.79. The molecule has 114 valence electrons. The Kier molecular flexibility index (Phi) is 3.89. The van der Waals surface area contributed by atoms with Gasteiger partial charge in [0.2, 0.25) is 0 Å². The maximum Gasteiger partial charge on any atom is 0.278 e. The normalized spacial score (nSPS) is 22.6. The minimum atomic E-state index is -1.32. The second-order valence-electron chi connectivity index (χ2n) is 6.85. The molecule has 1 aliphatic rings. The van der Waals surface area contributed by atoms with Crippen LogP contribution in [0.4, 0.5) is 0 Å². The minimum absolute atomic E-state index is 0.186. The second kappa shape index (κ2) is 5.22. The Hall–Kier alpha value is -1.75. The molecule has 1 aliphatic heterocycles. The molecule has 0 bridgehead atoms. The molecule has 1 aromatic rings. The fraction of sp³-hybridized carbons (Fsp3) is 0.562. The maximum atomic E-state index is 12.7. The first-order valence-corrected chi connectivity index (χ1v) is 7.21. The molecular formula is C16H23N3O2. The number of hydrogen-bond donors (Lipinski definition) is 1. The SMILES string of the molecule is CC(C)C1=NN(C(=O)c2cccnc2)C(O)(C(C)(C)C)C1. The number of rotatable bonds is 2. The summed E-state index contributed by atoms with van der Waals surface area (Å²) in [7, 11) is 0. The predicted octanol–water partition coefficient (Wildman–Crippen LogP) is 2.67. The van der Waals surface area contributed by atoms with Crippen molar-refractivity contribution in [2.45, 2.75) is 46.8 Å². The zero-order chi connectivity index (χ0) is 15.8. The van der Waals surface area contributed by atoms with Crippen LogP contribution >= 0.6 is 0 Å². The van der Waals surface area contributed by atoms with Gasteiger partial charge >= 0.3 is 0 Å². The molecule has 2 heterocycles. The molecule has 1 N–H and O–H groups in total. The quantitative estimate of drug-likeness (QED) is 0.910. The van der Waals surface area contributed by atoms with Gasteiger partial charge in [0.25, 0.3) is 5.91 Å². The summed E-state index contributed by atoms with van der Waals surface area (Å²) in [6.45, 7) is 9.76. The third-order valence-electron chi connectivity index (χ3n) is 3.97. The van der Waals surface area contributed by atoms with E-state index in [0.717, 1.165) is 5.71 Å². The van der Waals surface area contributed by atoms with Gasteiger partial charge in [0, 0.05) is 29.9 Å². The molecule has 5 nitrogen and oxygen atoms in total. The highest BCUT2D eigenvalue weighted by molar-refractivity contribution is 5.98. The van der Waals surface area contributed by atoms with Gasteiger partial charge in [-0.3, -0.25) is 9.78 Å². The summed E-state index contributed by atoms with van der Waals surface area (Å²) in [4.78, 5) is 16.7. The fourth-order valence-corrected chi connectivity index (χ4v) is 2.30. The summed E-state index contributed by atoms with van der Waals surface area (Å²) in [6.07, 6.45) is 3.48. The van der Waals surface area contributed by atoms with Gasteiger partial charge in [-0.2, -0.15) is 10.1 Å². The third kappa shape index (κ3) is 2.70. The van der Waals surface area contributed by atoms with Crippen LogP contribution in [-0.4, -0.2) is 32.4 Å². The molecule has 2 rings (SSSR count). The third-order valence-corrected chi connectivity index (χ3v) is 3.97. The van der Waals surface area contributed by atoms with Crippen LogP contribution in [0.5, 0.6) is 0 Å². The van der Waals surface area contributed by atoms with E-state index in [2.05, 4.69) is 10.1 Å². The van der Waals surface area contributed by atoms with E-state index in [1.165, 1.54) is 11.2 Å². The summed E-state index contributed by atoms with van der Waals surface area (Å²) in [5.74, 6) is -0.137. The summed E-state index contributed by atoms with van der Waals surface area (Å²) >= 11 is 0. The van der Waals surface area contributed by atoms with Crippen LogP contribution in [0.25, 0.3) is 0 Å². The summed E-state index contributed by atoms with van der Waals surface area (Å²) in [5.41, 5.74) is -0.566. The van der Waals surface area contributed by atoms with Crippen LogP contribution in [0, 0.1) is 11.3 Å². The number of carbonyl (C=O) groups excluding carboxylic acids is 1. The van der Waals surface area contributed by atoms with Crippen molar-refractivity contribution in [3.8, 4) is 0 Å². The summed E-state index contributed by atoms with van der Waals surface area (Å²) in [5, 5.41) is 16.8. The van der Waals surface area contributed by atoms with Gasteiger partial charge in [-0.1, -0.05) is 34.6 Å². The van der Waals surface area contributed by atoms with E-state index in [1.54, 1.807) is 18.3 Å². The van der Waals surface area contributed by atoms with Crippen molar-refractivity contribution < 1.29 is 9.90 Å². The van der Waals surface area contributed by atoms with Gasteiger partial charge in [0.1, 0.15) is 0 Å². The molecule has 0 fully saturated rings. The molecule has 0 aromatic carbocycles. The average Bonchev–Trinajstić information content (AvgIpc) is 2.78. The smallest absolute Gasteiger partial charge is 0.278 e. The topological polar surface area (TPSA) is 65.8 Å². The van der Waals surface area contributed by atoms with Gasteiger partial charge in [-0.15, -0.1) is 0 Å². The lowest BCUT2D eigenvalue weighted by Crippen LogP contribution is -2.55. The number of hydrogen-bond acceptors (Lipinski definition) is 4. The van der Waals surface area contributed by atoms with Gasteiger partial charge in [0.05, 0.1) is 5.56 Å². The number of hydrazone groups is 1. The van der Waals surface area contributed by atoms with Crippen LogP contribution in [0.15, 0.2) is 29.6 Å². The molecule has 1 unspecified atom stereocenters. The summed E-state index contributed by atoms with van der Waals surface area (Å²) < 4.78 is 0. The molecule has 0 aliphatic carbocycles. The van der Waals surface area contributed by atoms with Crippen molar-refractivity contribution in [1.82, 2.24) is 9.99 Å². The van der Waals surface area contributed by atoms with Gasteiger partial charge in [-0.25, -0.2) is 0 Å². The van der Waals surface area contributed by atoms with Crippen LogP contribution in [-0.2, 0) is 0 Å². The molecule has 5 heteroatoms. The van der Waals surface area contributed by atoms with Crippen molar-refractivity contribution in [3.63, 3.8) is 0 Å². The molecule has 0 radical (unpaired) electrons. The zero-order valence-electron chi connectivity index (χ0n) is 13.3. The standard InChI is InChI=1S/C16H23N3O2/c1-11(2)13-9-16(21,15(3,4)5)19(18-13)14(20)12-7-6-8-17-10-12/h6-8,10-11,21H,9H2,1-5H3. The highest BCUT2D eigenvalue weighted by Gasteiger charge is 2.52. The van der Waals surface area contributed by atoms with E-state index < -0.39 is 11.1 Å². The first-order chi connectivity index (χ1) is 9.67. The highest BCUT2D eigenvalue weighted by atomic mass is 16.3. The molecule has 1 amide bonds. The van der Waals surface area contributed by atoms with Crippen LogP contribution in [0.1, 0.15) is 51.4 Å². The van der Waals surface area contributed by atoms with Crippen LogP contribution in [0.2, 0.25) is 0 Å². The number of amides is 1. The Labute approximate surface area is 125 Å². The highest BCUT2D eigenvalue weighted by Crippen LogP contribution is 2.42. The first-order valence-electron chi connectivity index (χ1n) is 7.21. The van der Waals surface area contributed by atoms with Crippen molar-refractivity contribution in [1.29, 1.82) is 0 Å². The van der Waals surface area contributed by atoms with E-state index in [4.69, 9.17) is 0 Å². The van der Waals surface area contributed by atoms with Gasteiger partial charge < -0.3 is 5.11 Å². The number of pyridine rings is 1.